The van der Waals surface area contributed by atoms with Gasteiger partial charge in [-0.2, -0.15) is 10.4 Å². The lowest BCUT2D eigenvalue weighted by molar-refractivity contribution is 0.937. The second-order valence-corrected chi connectivity index (χ2v) is 4.92. The lowest BCUT2D eigenvalue weighted by Crippen LogP contribution is -2.07. The van der Waals surface area contributed by atoms with Crippen molar-refractivity contribution in [1.29, 1.82) is 5.26 Å². The van der Waals surface area contributed by atoms with E-state index in [2.05, 4.69) is 26.6 Å². The van der Waals surface area contributed by atoms with Crippen molar-refractivity contribution in [1.82, 2.24) is 15.2 Å². The smallest absolute Gasteiger partial charge is 0.167 e. The Labute approximate surface area is 110 Å². The molecule has 6 heteroatoms. The van der Waals surface area contributed by atoms with E-state index in [1.54, 1.807) is 11.3 Å². The molecule has 5 nitrogen and oxygen atoms in total. The highest BCUT2D eigenvalue weighted by Gasteiger charge is 2.10. The molecule has 0 radical (unpaired) electrons. The minimum absolute atomic E-state index is 0.522. The Hall–Kier alpha value is -2.00. The van der Waals surface area contributed by atoms with Crippen molar-refractivity contribution in [2.24, 2.45) is 0 Å². The van der Waals surface area contributed by atoms with E-state index in [9.17, 15) is 0 Å². The quantitative estimate of drug-likeness (QED) is 0.915. The largest absolute Gasteiger partial charge is 0.361 e. The normalized spacial score (nSPS) is 10.1. The number of nitrogens with zero attached hydrogens (tertiary/aromatic N) is 4. The zero-order valence-corrected chi connectivity index (χ0v) is 11.3. The maximum Gasteiger partial charge on any atom is 0.167 e. The predicted molar refractivity (Wildman–Crippen MR) is 70.4 cm³/mol. The molecule has 92 valence electrons. The lowest BCUT2D eigenvalue weighted by atomic mass is 10.1. The van der Waals surface area contributed by atoms with Gasteiger partial charge >= 0.3 is 0 Å². The third kappa shape index (κ3) is 2.46. The Balaban J connectivity index is 2.20. The van der Waals surface area contributed by atoms with E-state index in [4.69, 9.17) is 5.26 Å². The molecule has 2 heterocycles. The Morgan fingerprint density at radius 1 is 1.33 bits per heavy atom. The fourth-order valence-corrected chi connectivity index (χ4v) is 2.22. The topological polar surface area (TPSA) is 74.5 Å². The van der Waals surface area contributed by atoms with Gasteiger partial charge in [0.2, 0.25) is 0 Å². The van der Waals surface area contributed by atoms with Gasteiger partial charge in [0.05, 0.1) is 12.2 Å². The zero-order chi connectivity index (χ0) is 13.1. The van der Waals surface area contributed by atoms with Gasteiger partial charge in [-0.25, -0.2) is 4.98 Å². The van der Waals surface area contributed by atoms with Crippen LogP contribution in [0.15, 0.2) is 5.38 Å². The number of thiazole rings is 1. The highest BCUT2D eigenvalue weighted by molar-refractivity contribution is 7.09. The van der Waals surface area contributed by atoms with Crippen LogP contribution in [0.25, 0.3) is 0 Å². The van der Waals surface area contributed by atoms with Crippen LogP contribution >= 0.6 is 11.3 Å². The third-order valence-electron chi connectivity index (χ3n) is 2.64. The van der Waals surface area contributed by atoms with Crippen molar-refractivity contribution in [2.75, 3.05) is 5.32 Å². The standard InChI is InChI=1S/C12H13N5S/c1-7-6-18-11(15-7)5-14-12-10(4-13)8(2)9(3)16-17-12/h6H,5H2,1-3H3,(H,14,17). The molecular weight excluding hydrogens is 246 g/mol. The molecule has 1 N–H and O–H groups in total. The first-order valence-electron chi connectivity index (χ1n) is 5.50. The SMILES string of the molecule is Cc1csc(CNc2nnc(C)c(C)c2C#N)n1. The van der Waals surface area contributed by atoms with Crippen LogP contribution in [-0.2, 0) is 6.54 Å². The summed E-state index contributed by atoms with van der Waals surface area (Å²) in [6.07, 6.45) is 0. The number of nitriles is 1. The van der Waals surface area contributed by atoms with E-state index in [1.165, 1.54) is 0 Å². The Kier molecular flexibility index (Phi) is 3.53. The molecule has 0 bridgehead atoms. The highest BCUT2D eigenvalue weighted by Crippen LogP contribution is 2.18. The van der Waals surface area contributed by atoms with Crippen molar-refractivity contribution in [3.63, 3.8) is 0 Å². The molecule has 0 aliphatic carbocycles. The van der Waals surface area contributed by atoms with Crippen LogP contribution in [0.4, 0.5) is 5.82 Å². The molecule has 0 aliphatic rings. The first kappa shape index (κ1) is 12.5. The van der Waals surface area contributed by atoms with Crippen LogP contribution in [0.5, 0.6) is 0 Å². The zero-order valence-electron chi connectivity index (χ0n) is 10.5. The second kappa shape index (κ2) is 5.10. The number of anilines is 1. The summed E-state index contributed by atoms with van der Waals surface area (Å²) in [5, 5.41) is 23.3. The molecule has 0 saturated heterocycles. The number of aromatic nitrogens is 3. The summed E-state index contributed by atoms with van der Waals surface area (Å²) in [6, 6.07) is 2.16. The molecule has 2 aromatic rings. The summed E-state index contributed by atoms with van der Waals surface area (Å²) < 4.78 is 0. The van der Waals surface area contributed by atoms with Crippen LogP contribution in [-0.4, -0.2) is 15.2 Å². The first-order chi connectivity index (χ1) is 8.61. The summed E-state index contributed by atoms with van der Waals surface area (Å²) >= 11 is 1.58. The first-order valence-corrected chi connectivity index (χ1v) is 6.38. The number of hydrogen-bond acceptors (Lipinski definition) is 6. The predicted octanol–water partition coefficient (Wildman–Crippen LogP) is 2.34. The Morgan fingerprint density at radius 3 is 2.72 bits per heavy atom. The monoisotopic (exact) mass is 259 g/mol. The van der Waals surface area contributed by atoms with Crippen molar-refractivity contribution in [3.8, 4) is 6.07 Å². The third-order valence-corrected chi connectivity index (χ3v) is 3.61. The number of nitrogens with one attached hydrogen (secondary N) is 1. The molecule has 18 heavy (non-hydrogen) atoms. The van der Waals surface area contributed by atoms with Crippen LogP contribution < -0.4 is 5.32 Å². The summed E-state index contributed by atoms with van der Waals surface area (Å²) in [5.74, 6) is 0.522. The lowest BCUT2D eigenvalue weighted by Gasteiger charge is -2.08. The van der Waals surface area contributed by atoms with Crippen LogP contribution in [0, 0.1) is 32.1 Å². The van der Waals surface area contributed by atoms with Gasteiger partial charge in [0.1, 0.15) is 16.6 Å². The van der Waals surface area contributed by atoms with Gasteiger partial charge < -0.3 is 5.32 Å². The molecular formula is C12H13N5S. The number of hydrogen-bond donors (Lipinski definition) is 1. The van der Waals surface area contributed by atoms with E-state index >= 15 is 0 Å². The van der Waals surface area contributed by atoms with Gasteiger partial charge in [-0.1, -0.05) is 0 Å². The van der Waals surface area contributed by atoms with E-state index in [0.717, 1.165) is 22.0 Å². The van der Waals surface area contributed by atoms with E-state index in [0.29, 0.717) is 17.9 Å². The van der Waals surface area contributed by atoms with Crippen LogP contribution in [0.3, 0.4) is 0 Å². The summed E-state index contributed by atoms with van der Waals surface area (Å²) in [7, 11) is 0. The minimum Gasteiger partial charge on any atom is -0.361 e. The maximum absolute atomic E-state index is 9.15. The fourth-order valence-electron chi connectivity index (χ4n) is 1.51. The summed E-state index contributed by atoms with van der Waals surface area (Å²) in [6.45, 7) is 6.24. The van der Waals surface area contributed by atoms with Crippen molar-refractivity contribution < 1.29 is 0 Å². The molecule has 0 atom stereocenters. The molecule has 0 aromatic carbocycles. The van der Waals surface area contributed by atoms with Crippen molar-refractivity contribution >= 4 is 17.2 Å². The van der Waals surface area contributed by atoms with Gasteiger partial charge in [0, 0.05) is 11.1 Å². The van der Waals surface area contributed by atoms with Crippen molar-refractivity contribution in [2.45, 2.75) is 27.3 Å². The average molecular weight is 259 g/mol. The van der Waals surface area contributed by atoms with Gasteiger partial charge in [0.25, 0.3) is 0 Å². The molecule has 2 aromatic heterocycles. The Morgan fingerprint density at radius 2 is 2.11 bits per heavy atom. The van der Waals surface area contributed by atoms with E-state index in [1.807, 2.05) is 26.2 Å². The van der Waals surface area contributed by atoms with Gasteiger partial charge in [-0.15, -0.1) is 16.4 Å². The average Bonchev–Trinajstić information content (AvgIpc) is 2.77. The van der Waals surface area contributed by atoms with E-state index in [-0.39, 0.29) is 0 Å². The molecule has 0 amide bonds. The molecule has 0 spiro atoms. The van der Waals surface area contributed by atoms with Gasteiger partial charge in [0.15, 0.2) is 5.82 Å². The number of aryl methyl sites for hydroxylation is 2. The molecule has 0 aliphatic heterocycles. The maximum atomic E-state index is 9.15. The van der Waals surface area contributed by atoms with Crippen molar-refractivity contribution in [3.05, 3.63) is 32.9 Å². The summed E-state index contributed by atoms with van der Waals surface area (Å²) in [5.41, 5.74) is 3.20. The van der Waals surface area contributed by atoms with Gasteiger partial charge in [-0.3, -0.25) is 0 Å². The molecule has 0 fully saturated rings. The second-order valence-electron chi connectivity index (χ2n) is 3.98. The highest BCUT2D eigenvalue weighted by atomic mass is 32.1. The molecule has 0 saturated carbocycles. The fraction of sp³-hybridized carbons (Fsp3) is 0.333. The molecule has 2 rings (SSSR count). The van der Waals surface area contributed by atoms with Gasteiger partial charge in [-0.05, 0) is 26.3 Å². The minimum atomic E-state index is 0.522. The van der Waals surface area contributed by atoms with Crippen LogP contribution in [0.1, 0.15) is 27.5 Å². The van der Waals surface area contributed by atoms with Crippen LogP contribution in [0.2, 0.25) is 0 Å². The number of rotatable bonds is 3. The Bertz CT molecular complexity index is 611. The molecule has 0 unspecified atom stereocenters. The van der Waals surface area contributed by atoms with E-state index < -0.39 is 0 Å². The summed E-state index contributed by atoms with van der Waals surface area (Å²) in [4.78, 5) is 4.35.